The molecule has 0 spiro atoms. The fourth-order valence-electron chi connectivity index (χ4n) is 2.14. The molecule has 0 fully saturated rings. The highest BCUT2D eigenvalue weighted by atomic mass is 35.5. The van der Waals surface area contributed by atoms with E-state index in [9.17, 15) is 19.3 Å². The fourth-order valence-corrected chi connectivity index (χ4v) is 2.69. The van der Waals surface area contributed by atoms with Crippen LogP contribution in [0.5, 0.6) is 0 Å². The van der Waals surface area contributed by atoms with Crippen molar-refractivity contribution in [2.75, 3.05) is 5.32 Å². The molecule has 0 aliphatic carbocycles. The summed E-state index contributed by atoms with van der Waals surface area (Å²) in [6.45, 7) is 1.65. The monoisotopic (exact) mass is 371 g/mol. The lowest BCUT2D eigenvalue weighted by Gasteiger charge is -2.17. The molecule has 1 amide bonds. The van der Waals surface area contributed by atoms with Crippen molar-refractivity contribution >= 4 is 40.5 Å². The molecule has 24 heavy (non-hydrogen) atoms. The number of benzene rings is 2. The van der Waals surface area contributed by atoms with Gasteiger partial charge in [-0.05, 0) is 36.8 Å². The Hall–Kier alpha value is -2.38. The smallest absolute Gasteiger partial charge is 0.293 e. The Kier molecular flexibility index (Phi) is 5.26. The van der Waals surface area contributed by atoms with Crippen molar-refractivity contribution in [3.8, 4) is 0 Å². The Morgan fingerprint density at radius 3 is 2.54 bits per heavy atom. The zero-order chi connectivity index (χ0) is 18.0. The number of nitro groups is 1. The van der Waals surface area contributed by atoms with E-state index in [4.69, 9.17) is 28.9 Å². The summed E-state index contributed by atoms with van der Waals surface area (Å²) in [5.41, 5.74) is 5.33. The van der Waals surface area contributed by atoms with Crippen molar-refractivity contribution < 1.29 is 14.1 Å². The van der Waals surface area contributed by atoms with E-state index in [1.165, 1.54) is 18.2 Å². The first kappa shape index (κ1) is 18.0. The van der Waals surface area contributed by atoms with Crippen molar-refractivity contribution in [1.82, 2.24) is 0 Å². The standard InChI is InChI=1S/C15H12Cl2FN3O3/c1-7(9-5-12(18)11(17)6-10(9)16)20-13-3-2-8(15(19)22)4-14(13)21(23)24/h2-7,20H,1H3,(H2,19,22)/t7-/m0/s1. The van der Waals surface area contributed by atoms with Crippen LogP contribution in [0.4, 0.5) is 15.8 Å². The van der Waals surface area contributed by atoms with E-state index < -0.39 is 22.7 Å². The summed E-state index contributed by atoms with van der Waals surface area (Å²) < 4.78 is 13.6. The van der Waals surface area contributed by atoms with Crippen LogP contribution in [0.2, 0.25) is 10.0 Å². The average Bonchev–Trinajstić information content (AvgIpc) is 2.50. The molecule has 0 heterocycles. The van der Waals surface area contributed by atoms with Gasteiger partial charge in [-0.25, -0.2) is 4.39 Å². The predicted molar refractivity (Wildman–Crippen MR) is 90.1 cm³/mol. The maximum absolute atomic E-state index is 13.6. The van der Waals surface area contributed by atoms with E-state index in [2.05, 4.69) is 5.32 Å². The SMILES string of the molecule is C[C@H](Nc1ccc(C(N)=O)cc1[N+](=O)[O-])c1cc(F)c(Cl)cc1Cl. The number of hydrogen-bond donors (Lipinski definition) is 2. The highest BCUT2D eigenvalue weighted by Crippen LogP contribution is 2.33. The van der Waals surface area contributed by atoms with Crippen LogP contribution in [0.3, 0.4) is 0 Å². The van der Waals surface area contributed by atoms with Crippen LogP contribution < -0.4 is 11.1 Å². The summed E-state index contributed by atoms with van der Waals surface area (Å²) in [6.07, 6.45) is 0. The normalized spacial score (nSPS) is 11.8. The zero-order valence-corrected chi connectivity index (χ0v) is 13.9. The van der Waals surface area contributed by atoms with Gasteiger partial charge in [0.25, 0.3) is 5.69 Å². The van der Waals surface area contributed by atoms with Gasteiger partial charge in [0.2, 0.25) is 5.91 Å². The number of halogens is 3. The molecule has 0 saturated carbocycles. The molecule has 2 aromatic rings. The highest BCUT2D eigenvalue weighted by molar-refractivity contribution is 6.35. The van der Waals surface area contributed by atoms with Gasteiger partial charge in [-0.3, -0.25) is 14.9 Å². The number of hydrogen-bond acceptors (Lipinski definition) is 4. The number of nitrogens with zero attached hydrogens (tertiary/aromatic N) is 1. The van der Waals surface area contributed by atoms with Crippen LogP contribution in [0.15, 0.2) is 30.3 Å². The molecule has 0 radical (unpaired) electrons. The molecular weight excluding hydrogens is 360 g/mol. The van der Waals surface area contributed by atoms with Crippen molar-refractivity contribution in [3.05, 3.63) is 67.4 Å². The number of rotatable bonds is 5. The largest absolute Gasteiger partial charge is 0.373 e. The maximum Gasteiger partial charge on any atom is 0.293 e. The third-order valence-corrected chi connectivity index (χ3v) is 3.97. The topological polar surface area (TPSA) is 98.3 Å². The first-order chi connectivity index (χ1) is 11.2. The summed E-state index contributed by atoms with van der Waals surface area (Å²) in [6, 6.07) is 5.65. The number of nitrogens with two attached hydrogens (primary N) is 1. The quantitative estimate of drug-likeness (QED) is 0.464. The summed E-state index contributed by atoms with van der Waals surface area (Å²) in [5.74, 6) is -1.43. The molecule has 0 aromatic heterocycles. The van der Waals surface area contributed by atoms with E-state index in [1.807, 2.05) is 0 Å². The predicted octanol–water partition coefficient (Wildman–Crippen LogP) is 4.31. The number of nitrogens with one attached hydrogen (secondary N) is 1. The minimum Gasteiger partial charge on any atom is -0.373 e. The molecule has 3 N–H and O–H groups in total. The van der Waals surface area contributed by atoms with Gasteiger partial charge in [0.1, 0.15) is 11.5 Å². The number of nitro benzene ring substituents is 1. The lowest BCUT2D eigenvalue weighted by molar-refractivity contribution is -0.384. The minimum absolute atomic E-state index is 0.00970. The Balaban J connectivity index is 2.38. The van der Waals surface area contributed by atoms with Crippen molar-refractivity contribution in [2.45, 2.75) is 13.0 Å². The number of amides is 1. The van der Waals surface area contributed by atoms with Gasteiger partial charge in [-0.1, -0.05) is 23.2 Å². The summed E-state index contributed by atoms with van der Waals surface area (Å²) in [4.78, 5) is 21.7. The van der Waals surface area contributed by atoms with E-state index in [-0.39, 0.29) is 27.0 Å². The van der Waals surface area contributed by atoms with E-state index in [1.54, 1.807) is 6.92 Å². The second kappa shape index (κ2) is 7.02. The van der Waals surface area contributed by atoms with Crippen LogP contribution >= 0.6 is 23.2 Å². The van der Waals surface area contributed by atoms with Gasteiger partial charge in [-0.15, -0.1) is 0 Å². The third kappa shape index (κ3) is 3.74. The van der Waals surface area contributed by atoms with Crippen LogP contribution in [-0.2, 0) is 0 Å². The zero-order valence-electron chi connectivity index (χ0n) is 12.3. The number of carbonyl (C=O) groups excluding carboxylic acids is 1. The Morgan fingerprint density at radius 2 is 1.96 bits per heavy atom. The lowest BCUT2D eigenvalue weighted by atomic mass is 10.1. The molecule has 0 bridgehead atoms. The molecule has 6 nitrogen and oxygen atoms in total. The van der Waals surface area contributed by atoms with E-state index in [0.29, 0.717) is 5.56 Å². The fraction of sp³-hybridized carbons (Fsp3) is 0.133. The number of primary amides is 1. The van der Waals surface area contributed by atoms with Gasteiger partial charge in [0, 0.05) is 16.7 Å². The Labute approximate surface area is 146 Å². The molecule has 0 aliphatic heterocycles. The van der Waals surface area contributed by atoms with Crippen molar-refractivity contribution in [2.24, 2.45) is 5.73 Å². The molecule has 0 unspecified atom stereocenters. The summed E-state index contributed by atoms with van der Waals surface area (Å²) in [7, 11) is 0. The van der Waals surface area contributed by atoms with Gasteiger partial charge >= 0.3 is 0 Å². The maximum atomic E-state index is 13.6. The van der Waals surface area contributed by atoms with Gasteiger partial charge in [0.15, 0.2) is 0 Å². The highest BCUT2D eigenvalue weighted by Gasteiger charge is 2.20. The van der Waals surface area contributed by atoms with Gasteiger partial charge in [-0.2, -0.15) is 0 Å². The molecule has 9 heteroatoms. The third-order valence-electron chi connectivity index (χ3n) is 3.36. The van der Waals surface area contributed by atoms with E-state index in [0.717, 1.165) is 12.1 Å². The second-order valence-corrected chi connectivity index (χ2v) is 5.82. The summed E-state index contributed by atoms with van der Waals surface area (Å²) >= 11 is 11.7. The van der Waals surface area contributed by atoms with Crippen molar-refractivity contribution in [1.29, 1.82) is 0 Å². The Morgan fingerprint density at radius 1 is 1.29 bits per heavy atom. The van der Waals surface area contributed by atoms with Crippen LogP contribution in [-0.4, -0.2) is 10.8 Å². The molecule has 126 valence electrons. The van der Waals surface area contributed by atoms with Gasteiger partial charge in [0.05, 0.1) is 16.0 Å². The summed E-state index contributed by atoms with van der Waals surface area (Å²) in [5, 5.41) is 14.2. The first-order valence-electron chi connectivity index (χ1n) is 6.70. The molecule has 1 atom stereocenters. The Bertz CT molecular complexity index is 830. The van der Waals surface area contributed by atoms with E-state index >= 15 is 0 Å². The van der Waals surface area contributed by atoms with Crippen LogP contribution in [0, 0.1) is 15.9 Å². The average molecular weight is 372 g/mol. The number of carbonyl (C=O) groups is 1. The molecule has 0 aliphatic rings. The van der Waals surface area contributed by atoms with Crippen LogP contribution in [0.25, 0.3) is 0 Å². The number of anilines is 1. The first-order valence-corrected chi connectivity index (χ1v) is 7.45. The lowest BCUT2D eigenvalue weighted by Crippen LogP contribution is -2.13. The molecule has 2 aromatic carbocycles. The molecule has 2 rings (SSSR count). The van der Waals surface area contributed by atoms with Gasteiger partial charge < -0.3 is 11.1 Å². The van der Waals surface area contributed by atoms with Crippen molar-refractivity contribution in [3.63, 3.8) is 0 Å². The second-order valence-electron chi connectivity index (χ2n) is 5.01. The molecule has 0 saturated heterocycles. The minimum atomic E-state index is -0.777. The molecular formula is C15H12Cl2FN3O3. The van der Waals surface area contributed by atoms with Crippen LogP contribution in [0.1, 0.15) is 28.9 Å².